The zero-order valence-corrected chi connectivity index (χ0v) is 15.0. The Kier molecular flexibility index (Phi) is 4.14. The first-order valence-electron chi connectivity index (χ1n) is 9.21. The lowest BCUT2D eigenvalue weighted by Crippen LogP contribution is -2.26. The van der Waals surface area contributed by atoms with Crippen molar-refractivity contribution in [2.45, 2.75) is 18.9 Å². The Bertz CT molecular complexity index is 1140. The van der Waals surface area contributed by atoms with Crippen LogP contribution in [0, 0.1) is 0 Å². The van der Waals surface area contributed by atoms with Crippen LogP contribution in [-0.4, -0.2) is 33.7 Å². The second-order valence-corrected chi connectivity index (χ2v) is 6.74. The summed E-state index contributed by atoms with van der Waals surface area (Å²) in [5.41, 5.74) is 3.31. The Morgan fingerprint density at radius 1 is 1.18 bits per heavy atom. The van der Waals surface area contributed by atoms with E-state index in [0.29, 0.717) is 24.0 Å². The Labute approximate surface area is 160 Å². The molecule has 1 amide bonds. The Hall–Kier alpha value is -3.45. The van der Waals surface area contributed by atoms with Gasteiger partial charge in [-0.2, -0.15) is 4.98 Å². The number of aromatic nitrogens is 3. The van der Waals surface area contributed by atoms with E-state index in [1.165, 1.54) is 0 Å². The number of carbonyl (C=O) groups excluding carboxylic acids is 1. The van der Waals surface area contributed by atoms with Crippen molar-refractivity contribution in [1.29, 1.82) is 0 Å². The van der Waals surface area contributed by atoms with Gasteiger partial charge in [-0.3, -0.25) is 4.79 Å². The number of hydrogen-bond acceptors (Lipinski definition) is 5. The number of nitrogens with one attached hydrogen (secondary N) is 2. The lowest BCUT2D eigenvalue weighted by Gasteiger charge is -2.10. The number of aromatic amines is 1. The van der Waals surface area contributed by atoms with Crippen molar-refractivity contribution in [3.63, 3.8) is 0 Å². The molecule has 4 aromatic rings. The molecule has 0 aliphatic carbocycles. The Morgan fingerprint density at radius 3 is 3.00 bits per heavy atom. The van der Waals surface area contributed by atoms with Crippen LogP contribution in [0.25, 0.3) is 33.7 Å². The second kappa shape index (κ2) is 6.94. The second-order valence-electron chi connectivity index (χ2n) is 6.74. The fourth-order valence-electron chi connectivity index (χ4n) is 3.44. The van der Waals surface area contributed by atoms with Gasteiger partial charge in [0.1, 0.15) is 6.10 Å². The molecule has 3 heterocycles. The highest BCUT2D eigenvalue weighted by Gasteiger charge is 2.23. The number of fused-ring (bicyclic) bond motifs is 1. The highest BCUT2D eigenvalue weighted by Crippen LogP contribution is 2.29. The summed E-state index contributed by atoms with van der Waals surface area (Å²) < 4.78 is 10.9. The molecule has 5 rings (SSSR count). The molecule has 2 N–H and O–H groups in total. The van der Waals surface area contributed by atoms with Gasteiger partial charge in [-0.25, -0.2) is 0 Å². The minimum absolute atomic E-state index is 0.125. The molecular weight excluding hydrogens is 356 g/mol. The summed E-state index contributed by atoms with van der Waals surface area (Å²) in [6.45, 7) is 0.636. The molecule has 1 aliphatic heterocycles. The molecule has 1 saturated heterocycles. The summed E-state index contributed by atoms with van der Waals surface area (Å²) in [6, 6.07) is 15.3. The van der Waals surface area contributed by atoms with Gasteiger partial charge in [-0.1, -0.05) is 29.4 Å². The summed E-state index contributed by atoms with van der Waals surface area (Å²) in [6.07, 6.45) is 3.16. The molecule has 0 bridgehead atoms. The highest BCUT2D eigenvalue weighted by atomic mass is 16.5. The number of carbonyl (C=O) groups is 1. The molecule has 0 radical (unpaired) electrons. The average molecular weight is 374 g/mol. The number of nitrogens with zero attached hydrogens (tertiary/aromatic N) is 2. The predicted octanol–water partition coefficient (Wildman–Crippen LogP) is 4.00. The fourth-order valence-corrected chi connectivity index (χ4v) is 3.44. The quantitative estimate of drug-likeness (QED) is 0.563. The van der Waals surface area contributed by atoms with Gasteiger partial charge in [-0.05, 0) is 37.1 Å². The van der Waals surface area contributed by atoms with Crippen LogP contribution in [0.5, 0.6) is 0 Å². The first-order valence-corrected chi connectivity index (χ1v) is 9.21. The summed E-state index contributed by atoms with van der Waals surface area (Å²) in [7, 11) is 0. The van der Waals surface area contributed by atoms with Crippen molar-refractivity contribution in [2.75, 3.05) is 11.9 Å². The standard InChI is InChI=1S/C21H18N4O3/c26-20(18-9-4-10-27-18)23-14-6-3-5-13(11-14)21-24-19(25-28-21)16-12-22-17-8-2-1-7-15(16)17/h1-3,5-8,11-12,18,22H,4,9-10H2,(H,23,26). The van der Waals surface area contributed by atoms with Crippen molar-refractivity contribution in [1.82, 2.24) is 15.1 Å². The van der Waals surface area contributed by atoms with Crippen molar-refractivity contribution < 1.29 is 14.1 Å². The maximum atomic E-state index is 12.3. The zero-order valence-electron chi connectivity index (χ0n) is 15.0. The van der Waals surface area contributed by atoms with E-state index in [4.69, 9.17) is 9.26 Å². The third kappa shape index (κ3) is 3.05. The van der Waals surface area contributed by atoms with Crippen LogP contribution in [0.3, 0.4) is 0 Å². The molecular formula is C21H18N4O3. The SMILES string of the molecule is O=C(Nc1cccc(-c2nc(-c3c[nH]c4ccccc34)no2)c1)C1CCCO1. The molecule has 1 fully saturated rings. The van der Waals surface area contributed by atoms with Gasteiger partial charge in [0.25, 0.3) is 11.8 Å². The number of ether oxygens (including phenoxy) is 1. The van der Waals surface area contributed by atoms with E-state index in [1.807, 2.05) is 54.7 Å². The van der Waals surface area contributed by atoms with Crippen molar-refractivity contribution in [2.24, 2.45) is 0 Å². The van der Waals surface area contributed by atoms with Crippen molar-refractivity contribution >= 4 is 22.5 Å². The van der Waals surface area contributed by atoms with Crippen LogP contribution in [-0.2, 0) is 9.53 Å². The average Bonchev–Trinajstić information content (AvgIpc) is 3.47. The zero-order chi connectivity index (χ0) is 18.9. The first kappa shape index (κ1) is 16.7. The van der Waals surface area contributed by atoms with E-state index in [9.17, 15) is 4.79 Å². The van der Waals surface area contributed by atoms with Gasteiger partial charge in [0.2, 0.25) is 5.82 Å². The van der Waals surface area contributed by atoms with Gasteiger partial charge in [0, 0.05) is 40.5 Å². The Morgan fingerprint density at radius 2 is 2.11 bits per heavy atom. The molecule has 2 aromatic heterocycles. The molecule has 1 unspecified atom stereocenters. The highest BCUT2D eigenvalue weighted by molar-refractivity contribution is 5.95. The smallest absolute Gasteiger partial charge is 0.258 e. The number of hydrogen-bond donors (Lipinski definition) is 2. The number of para-hydroxylation sites is 1. The molecule has 1 aliphatic rings. The lowest BCUT2D eigenvalue weighted by molar-refractivity contribution is -0.124. The monoisotopic (exact) mass is 374 g/mol. The van der Waals surface area contributed by atoms with Crippen LogP contribution in [0.1, 0.15) is 12.8 Å². The third-order valence-electron chi connectivity index (χ3n) is 4.86. The molecule has 7 heteroatoms. The van der Waals surface area contributed by atoms with Crippen LogP contribution in [0.2, 0.25) is 0 Å². The van der Waals surface area contributed by atoms with Gasteiger partial charge < -0.3 is 19.6 Å². The van der Waals surface area contributed by atoms with Gasteiger partial charge >= 0.3 is 0 Å². The van der Waals surface area contributed by atoms with E-state index in [0.717, 1.165) is 34.9 Å². The Balaban J connectivity index is 1.40. The molecule has 1 atom stereocenters. The molecule has 28 heavy (non-hydrogen) atoms. The molecule has 140 valence electrons. The number of rotatable bonds is 4. The topological polar surface area (TPSA) is 93.0 Å². The molecule has 0 saturated carbocycles. The van der Waals surface area contributed by atoms with E-state index in [-0.39, 0.29) is 12.0 Å². The fraction of sp³-hybridized carbons (Fsp3) is 0.190. The van der Waals surface area contributed by atoms with E-state index < -0.39 is 0 Å². The summed E-state index contributed by atoms with van der Waals surface area (Å²) in [5.74, 6) is 0.786. The minimum atomic E-state index is -0.375. The number of anilines is 1. The number of amides is 1. The van der Waals surface area contributed by atoms with Gasteiger partial charge in [0.15, 0.2) is 0 Å². The third-order valence-corrected chi connectivity index (χ3v) is 4.86. The van der Waals surface area contributed by atoms with Crippen molar-refractivity contribution in [3.05, 3.63) is 54.7 Å². The number of benzene rings is 2. The van der Waals surface area contributed by atoms with Crippen molar-refractivity contribution in [3.8, 4) is 22.8 Å². The lowest BCUT2D eigenvalue weighted by atomic mass is 10.1. The summed E-state index contributed by atoms with van der Waals surface area (Å²) >= 11 is 0. The van der Waals surface area contributed by atoms with Crippen LogP contribution >= 0.6 is 0 Å². The van der Waals surface area contributed by atoms with E-state index in [2.05, 4.69) is 20.4 Å². The van der Waals surface area contributed by atoms with Gasteiger partial charge in [0.05, 0.1) is 0 Å². The molecule has 0 spiro atoms. The predicted molar refractivity (Wildman–Crippen MR) is 105 cm³/mol. The first-order chi connectivity index (χ1) is 13.8. The largest absolute Gasteiger partial charge is 0.368 e. The van der Waals surface area contributed by atoms with Crippen LogP contribution in [0.15, 0.2) is 59.3 Å². The van der Waals surface area contributed by atoms with E-state index in [1.54, 1.807) is 0 Å². The minimum Gasteiger partial charge on any atom is -0.368 e. The van der Waals surface area contributed by atoms with Crippen LogP contribution in [0.4, 0.5) is 5.69 Å². The maximum absolute atomic E-state index is 12.3. The maximum Gasteiger partial charge on any atom is 0.258 e. The van der Waals surface area contributed by atoms with Gasteiger partial charge in [-0.15, -0.1) is 0 Å². The molecule has 7 nitrogen and oxygen atoms in total. The normalized spacial score (nSPS) is 16.5. The molecule has 2 aromatic carbocycles. The van der Waals surface area contributed by atoms with Crippen LogP contribution < -0.4 is 5.32 Å². The van der Waals surface area contributed by atoms with E-state index >= 15 is 0 Å². The number of H-pyrrole nitrogens is 1. The summed E-state index contributed by atoms with van der Waals surface area (Å²) in [5, 5.41) is 8.05. The summed E-state index contributed by atoms with van der Waals surface area (Å²) in [4.78, 5) is 20.0.